The van der Waals surface area contributed by atoms with Crippen LogP contribution in [0.2, 0.25) is 5.02 Å². The van der Waals surface area contributed by atoms with E-state index in [1.165, 1.54) is 0 Å². The van der Waals surface area contributed by atoms with Crippen LogP contribution in [0, 0.1) is 6.92 Å². The van der Waals surface area contributed by atoms with Gasteiger partial charge in [0, 0.05) is 23.9 Å². The van der Waals surface area contributed by atoms with E-state index in [-0.39, 0.29) is 11.6 Å². The van der Waals surface area contributed by atoms with Crippen LogP contribution in [-0.2, 0) is 6.42 Å². The second-order valence-corrected chi connectivity index (χ2v) is 5.82. The molecule has 0 spiro atoms. The van der Waals surface area contributed by atoms with Crippen LogP contribution in [0.3, 0.4) is 0 Å². The Morgan fingerprint density at radius 3 is 2.77 bits per heavy atom. The normalized spacial score (nSPS) is 12.5. The van der Waals surface area contributed by atoms with Gasteiger partial charge in [0.25, 0.3) is 5.56 Å². The van der Waals surface area contributed by atoms with Crippen LogP contribution < -0.4 is 5.56 Å². The summed E-state index contributed by atoms with van der Waals surface area (Å²) in [6, 6.07) is 11.1. The summed E-state index contributed by atoms with van der Waals surface area (Å²) in [7, 11) is 0. The third-order valence-corrected chi connectivity index (χ3v) is 4.00. The topological polar surface area (TPSA) is 47.8 Å². The van der Waals surface area contributed by atoms with E-state index in [4.69, 9.17) is 11.6 Å². The average Bonchev–Trinajstić information content (AvgIpc) is 2.47. The Hall–Kier alpha value is -2.20. The van der Waals surface area contributed by atoms with Crippen LogP contribution in [0.4, 0.5) is 0 Å². The van der Waals surface area contributed by atoms with Gasteiger partial charge in [-0.1, -0.05) is 23.7 Å². The van der Waals surface area contributed by atoms with Gasteiger partial charge in [-0.3, -0.25) is 14.3 Å². The van der Waals surface area contributed by atoms with E-state index >= 15 is 0 Å². The largest absolute Gasteiger partial charge is 0.295 e. The molecule has 1 aromatic carbocycles. The highest BCUT2D eigenvalue weighted by Crippen LogP contribution is 2.19. The van der Waals surface area contributed by atoms with Crippen LogP contribution in [0.25, 0.3) is 10.9 Å². The average molecular weight is 314 g/mol. The number of pyridine rings is 1. The molecule has 4 nitrogen and oxygen atoms in total. The number of hydrogen-bond donors (Lipinski definition) is 0. The van der Waals surface area contributed by atoms with E-state index in [2.05, 4.69) is 9.97 Å². The van der Waals surface area contributed by atoms with Crippen molar-refractivity contribution in [3.8, 4) is 0 Å². The van der Waals surface area contributed by atoms with Crippen LogP contribution in [0.1, 0.15) is 24.4 Å². The van der Waals surface area contributed by atoms with Crippen molar-refractivity contribution in [2.24, 2.45) is 0 Å². The van der Waals surface area contributed by atoms with Crippen LogP contribution in [0.5, 0.6) is 0 Å². The maximum absolute atomic E-state index is 12.7. The molecule has 3 aromatic rings. The molecule has 0 N–H and O–H groups in total. The van der Waals surface area contributed by atoms with Crippen molar-refractivity contribution < 1.29 is 0 Å². The summed E-state index contributed by atoms with van der Waals surface area (Å²) < 4.78 is 1.62. The number of hydrogen-bond acceptors (Lipinski definition) is 3. The van der Waals surface area contributed by atoms with Crippen molar-refractivity contribution >= 4 is 22.5 Å². The van der Waals surface area contributed by atoms with E-state index in [9.17, 15) is 4.79 Å². The Morgan fingerprint density at radius 2 is 2.00 bits per heavy atom. The van der Waals surface area contributed by atoms with Gasteiger partial charge >= 0.3 is 0 Å². The molecule has 22 heavy (non-hydrogen) atoms. The van der Waals surface area contributed by atoms with Gasteiger partial charge in [-0.15, -0.1) is 0 Å². The molecular formula is C17H16ClN3O. The molecule has 0 aliphatic rings. The van der Waals surface area contributed by atoms with Gasteiger partial charge in [-0.05, 0) is 38.1 Å². The molecule has 2 heterocycles. The zero-order valence-corrected chi connectivity index (χ0v) is 13.2. The number of halogens is 1. The van der Waals surface area contributed by atoms with Gasteiger partial charge in [0.05, 0.1) is 22.3 Å². The summed E-state index contributed by atoms with van der Waals surface area (Å²) in [5, 5.41) is 0.904. The fraction of sp³-hybridized carbons (Fsp3) is 0.235. The molecule has 112 valence electrons. The Morgan fingerprint density at radius 1 is 1.23 bits per heavy atom. The summed E-state index contributed by atoms with van der Waals surface area (Å²) in [6.45, 7) is 3.94. The standard InChI is InChI=1S/C17H16ClN3O/c1-11-5-3-6-13(20-11)9-12(2)21-10-19-15-8-4-7-14(18)16(15)17(21)22/h3-8,10,12H,9H2,1-2H3/t12-/m1/s1. The lowest BCUT2D eigenvalue weighted by atomic mass is 10.1. The van der Waals surface area contributed by atoms with Crippen LogP contribution >= 0.6 is 11.6 Å². The first-order valence-electron chi connectivity index (χ1n) is 7.14. The minimum atomic E-state index is -0.115. The summed E-state index contributed by atoms with van der Waals surface area (Å²) in [5.41, 5.74) is 2.43. The Labute approximate surface area is 133 Å². The molecule has 0 aliphatic carbocycles. The zero-order chi connectivity index (χ0) is 15.7. The fourth-order valence-corrected chi connectivity index (χ4v) is 2.82. The van der Waals surface area contributed by atoms with Crippen molar-refractivity contribution in [3.05, 3.63) is 69.5 Å². The van der Waals surface area contributed by atoms with Crippen molar-refractivity contribution in [3.63, 3.8) is 0 Å². The molecule has 0 saturated carbocycles. The number of aryl methyl sites for hydroxylation is 1. The Bertz CT molecular complexity index is 888. The molecule has 0 unspecified atom stereocenters. The van der Waals surface area contributed by atoms with Crippen LogP contribution in [-0.4, -0.2) is 14.5 Å². The van der Waals surface area contributed by atoms with Crippen molar-refractivity contribution in [1.29, 1.82) is 0 Å². The number of rotatable bonds is 3. The van der Waals surface area contributed by atoms with Crippen molar-refractivity contribution in [2.45, 2.75) is 26.3 Å². The molecule has 5 heteroatoms. The predicted octanol–water partition coefficient (Wildman–Crippen LogP) is 3.56. The van der Waals surface area contributed by atoms with E-state index in [1.54, 1.807) is 29.1 Å². The fourth-order valence-electron chi connectivity index (χ4n) is 2.57. The van der Waals surface area contributed by atoms with E-state index < -0.39 is 0 Å². The van der Waals surface area contributed by atoms with Gasteiger partial charge in [0.2, 0.25) is 0 Å². The number of fused-ring (bicyclic) bond motifs is 1. The third kappa shape index (κ3) is 2.74. The van der Waals surface area contributed by atoms with Gasteiger partial charge in [-0.25, -0.2) is 4.98 Å². The smallest absolute Gasteiger partial charge is 0.262 e. The molecule has 0 saturated heterocycles. The number of nitrogens with zero attached hydrogens (tertiary/aromatic N) is 3. The molecular weight excluding hydrogens is 298 g/mol. The maximum atomic E-state index is 12.7. The highest BCUT2D eigenvalue weighted by molar-refractivity contribution is 6.35. The van der Waals surface area contributed by atoms with E-state index in [0.717, 1.165) is 11.4 Å². The summed E-state index contributed by atoms with van der Waals surface area (Å²) in [6.07, 6.45) is 2.25. The van der Waals surface area contributed by atoms with Crippen molar-refractivity contribution in [2.75, 3.05) is 0 Å². The number of benzene rings is 1. The first-order valence-corrected chi connectivity index (χ1v) is 7.52. The van der Waals surface area contributed by atoms with E-state index in [0.29, 0.717) is 22.3 Å². The third-order valence-electron chi connectivity index (χ3n) is 3.69. The highest BCUT2D eigenvalue weighted by atomic mass is 35.5. The molecule has 0 amide bonds. The minimum absolute atomic E-state index is 0.0463. The van der Waals surface area contributed by atoms with Gasteiger partial charge in [0.15, 0.2) is 0 Å². The molecule has 0 bridgehead atoms. The summed E-state index contributed by atoms with van der Waals surface area (Å²) in [4.78, 5) is 21.5. The SMILES string of the molecule is Cc1cccc(C[C@@H](C)n2cnc3cccc(Cl)c3c2=O)n1. The van der Waals surface area contributed by atoms with Gasteiger partial charge in [0.1, 0.15) is 0 Å². The molecule has 2 aromatic heterocycles. The Kier molecular flexibility index (Phi) is 3.94. The second-order valence-electron chi connectivity index (χ2n) is 5.41. The minimum Gasteiger partial charge on any atom is -0.295 e. The lowest BCUT2D eigenvalue weighted by Gasteiger charge is -2.15. The maximum Gasteiger partial charge on any atom is 0.262 e. The predicted molar refractivity (Wildman–Crippen MR) is 88.4 cm³/mol. The lowest BCUT2D eigenvalue weighted by Crippen LogP contribution is -2.25. The summed E-state index contributed by atoms with van der Waals surface area (Å²) >= 11 is 6.15. The molecule has 0 radical (unpaired) electrons. The van der Waals surface area contributed by atoms with Gasteiger partial charge in [-0.2, -0.15) is 0 Å². The Balaban J connectivity index is 2.01. The quantitative estimate of drug-likeness (QED) is 0.743. The van der Waals surface area contributed by atoms with E-state index in [1.807, 2.05) is 32.0 Å². The lowest BCUT2D eigenvalue weighted by molar-refractivity contribution is 0.517. The zero-order valence-electron chi connectivity index (χ0n) is 12.5. The van der Waals surface area contributed by atoms with Crippen molar-refractivity contribution in [1.82, 2.24) is 14.5 Å². The second kappa shape index (κ2) is 5.89. The first-order chi connectivity index (χ1) is 10.6. The molecule has 0 fully saturated rings. The molecule has 3 rings (SSSR count). The van der Waals surface area contributed by atoms with Crippen LogP contribution in [0.15, 0.2) is 47.5 Å². The molecule has 1 atom stereocenters. The molecule has 0 aliphatic heterocycles. The monoisotopic (exact) mass is 313 g/mol. The summed E-state index contributed by atoms with van der Waals surface area (Å²) in [5.74, 6) is 0. The first kappa shape index (κ1) is 14.7. The van der Waals surface area contributed by atoms with Gasteiger partial charge < -0.3 is 0 Å². The number of aromatic nitrogens is 3. The highest BCUT2D eigenvalue weighted by Gasteiger charge is 2.13.